The predicted octanol–water partition coefficient (Wildman–Crippen LogP) is 1.59. The van der Waals surface area contributed by atoms with Crippen LogP contribution in [0.2, 0.25) is 0 Å². The fourth-order valence-corrected chi connectivity index (χ4v) is 1.62. The first-order valence-corrected chi connectivity index (χ1v) is 5.26. The third kappa shape index (κ3) is 1.73. The van der Waals surface area contributed by atoms with Crippen molar-refractivity contribution in [1.82, 2.24) is 15.0 Å². The molecule has 18 heavy (non-hydrogen) atoms. The average molecular weight is 243 g/mol. The van der Waals surface area contributed by atoms with Gasteiger partial charge >= 0.3 is 5.69 Å². The number of H-pyrrole nitrogens is 1. The smallest absolute Gasteiger partial charge is 0.344 e. The van der Waals surface area contributed by atoms with Crippen molar-refractivity contribution in [2.75, 3.05) is 7.11 Å². The van der Waals surface area contributed by atoms with Crippen molar-refractivity contribution < 1.29 is 9.15 Å². The number of nitrogens with zero attached hydrogens (tertiary/aromatic N) is 2. The monoisotopic (exact) mass is 243 g/mol. The predicted molar refractivity (Wildman–Crippen MR) is 64.4 cm³/mol. The first kappa shape index (κ1) is 10.5. The number of hydrogen-bond acceptors (Lipinski definition) is 5. The van der Waals surface area contributed by atoms with E-state index in [2.05, 4.69) is 15.0 Å². The molecule has 90 valence electrons. The number of rotatable bonds is 2. The summed E-state index contributed by atoms with van der Waals surface area (Å²) in [5, 5.41) is 0. The van der Waals surface area contributed by atoms with Gasteiger partial charge in [-0.2, -0.15) is 0 Å². The second-order valence-corrected chi connectivity index (χ2v) is 3.66. The summed E-state index contributed by atoms with van der Waals surface area (Å²) >= 11 is 0. The van der Waals surface area contributed by atoms with Crippen LogP contribution in [0.5, 0.6) is 5.75 Å². The maximum Gasteiger partial charge on any atom is 0.344 e. The lowest BCUT2D eigenvalue weighted by atomic mass is 10.3. The summed E-state index contributed by atoms with van der Waals surface area (Å²) in [6, 6.07) is 5.35. The molecule has 0 bridgehead atoms. The number of oxazole rings is 1. The normalized spacial score (nSPS) is 10.7. The highest BCUT2D eigenvalue weighted by Gasteiger charge is 2.09. The molecule has 0 amide bonds. The Bertz CT molecular complexity index is 740. The van der Waals surface area contributed by atoms with Gasteiger partial charge in [-0.1, -0.05) is 0 Å². The molecule has 1 aromatic carbocycles. The van der Waals surface area contributed by atoms with E-state index >= 15 is 0 Å². The van der Waals surface area contributed by atoms with Gasteiger partial charge in [0, 0.05) is 18.5 Å². The second-order valence-electron chi connectivity index (χ2n) is 3.66. The van der Waals surface area contributed by atoms with E-state index in [1.165, 1.54) is 12.4 Å². The fraction of sp³-hybridized carbons (Fsp3) is 0.0833. The Morgan fingerprint density at radius 1 is 1.39 bits per heavy atom. The van der Waals surface area contributed by atoms with E-state index in [0.717, 1.165) is 0 Å². The molecule has 0 radical (unpaired) electrons. The molecule has 0 saturated heterocycles. The lowest BCUT2D eigenvalue weighted by Gasteiger charge is -1.95. The van der Waals surface area contributed by atoms with E-state index < -0.39 is 5.69 Å². The fourth-order valence-electron chi connectivity index (χ4n) is 1.62. The molecule has 6 nitrogen and oxygen atoms in total. The molecule has 0 aliphatic rings. The average Bonchev–Trinajstić information content (AvgIpc) is 2.82. The minimum Gasteiger partial charge on any atom is -0.497 e. The van der Waals surface area contributed by atoms with Gasteiger partial charge < -0.3 is 14.1 Å². The second kappa shape index (κ2) is 3.99. The molecule has 0 spiro atoms. The molecule has 0 fully saturated rings. The highest BCUT2D eigenvalue weighted by atomic mass is 16.5. The zero-order valence-electron chi connectivity index (χ0n) is 9.51. The summed E-state index contributed by atoms with van der Waals surface area (Å²) in [6.07, 6.45) is 2.93. The Balaban J connectivity index is 2.12. The summed E-state index contributed by atoms with van der Waals surface area (Å²) in [5.74, 6) is 1.11. The van der Waals surface area contributed by atoms with Crippen LogP contribution in [0.25, 0.3) is 22.6 Å². The Labute approximate surface area is 101 Å². The van der Waals surface area contributed by atoms with Crippen LogP contribution in [0.15, 0.2) is 39.8 Å². The third-order valence-electron chi connectivity index (χ3n) is 2.51. The summed E-state index contributed by atoms with van der Waals surface area (Å²) in [6.45, 7) is 0. The van der Waals surface area contributed by atoms with Crippen LogP contribution >= 0.6 is 0 Å². The van der Waals surface area contributed by atoms with Gasteiger partial charge in [-0.15, -0.1) is 0 Å². The van der Waals surface area contributed by atoms with Gasteiger partial charge in [0.25, 0.3) is 0 Å². The van der Waals surface area contributed by atoms with Crippen LogP contribution in [0.3, 0.4) is 0 Å². The molecule has 0 unspecified atom stereocenters. The van der Waals surface area contributed by atoms with Gasteiger partial charge in [0.2, 0.25) is 5.89 Å². The topological polar surface area (TPSA) is 81.0 Å². The first-order valence-electron chi connectivity index (χ1n) is 5.26. The van der Waals surface area contributed by atoms with Crippen LogP contribution in [-0.4, -0.2) is 22.1 Å². The Morgan fingerprint density at radius 3 is 3.00 bits per heavy atom. The van der Waals surface area contributed by atoms with E-state index in [0.29, 0.717) is 28.3 Å². The first-order chi connectivity index (χ1) is 8.76. The zero-order valence-corrected chi connectivity index (χ0v) is 9.51. The van der Waals surface area contributed by atoms with Crippen molar-refractivity contribution in [3.63, 3.8) is 0 Å². The van der Waals surface area contributed by atoms with Crippen molar-refractivity contribution in [3.8, 4) is 17.2 Å². The number of ether oxygens (including phenoxy) is 1. The molecule has 0 atom stereocenters. The van der Waals surface area contributed by atoms with Crippen LogP contribution in [-0.2, 0) is 0 Å². The quantitative estimate of drug-likeness (QED) is 0.739. The van der Waals surface area contributed by atoms with Gasteiger partial charge in [0.1, 0.15) is 11.3 Å². The zero-order chi connectivity index (χ0) is 12.5. The SMILES string of the molecule is COc1ccc2oc(-c3cnc(=O)[nH]c3)nc2c1. The van der Waals surface area contributed by atoms with Crippen molar-refractivity contribution in [2.24, 2.45) is 0 Å². The van der Waals surface area contributed by atoms with Gasteiger partial charge in [-0.05, 0) is 12.1 Å². The Hall–Kier alpha value is -2.63. The number of nitrogens with one attached hydrogen (secondary N) is 1. The van der Waals surface area contributed by atoms with Crippen molar-refractivity contribution >= 4 is 11.1 Å². The van der Waals surface area contributed by atoms with Crippen molar-refractivity contribution in [1.29, 1.82) is 0 Å². The van der Waals surface area contributed by atoms with Crippen LogP contribution in [0.1, 0.15) is 0 Å². The summed E-state index contributed by atoms with van der Waals surface area (Å²) in [4.78, 5) is 21.3. The minimum absolute atomic E-state index is 0.405. The van der Waals surface area contributed by atoms with E-state index in [9.17, 15) is 4.79 Å². The summed E-state index contributed by atoms with van der Waals surface area (Å²) in [7, 11) is 1.59. The molecular formula is C12H9N3O3. The minimum atomic E-state index is -0.406. The summed E-state index contributed by atoms with van der Waals surface area (Å²) < 4.78 is 10.7. The van der Waals surface area contributed by atoms with Gasteiger partial charge in [0.15, 0.2) is 5.58 Å². The van der Waals surface area contributed by atoms with Crippen molar-refractivity contribution in [3.05, 3.63) is 41.1 Å². The lowest BCUT2D eigenvalue weighted by molar-refractivity contribution is 0.415. The van der Waals surface area contributed by atoms with Crippen molar-refractivity contribution in [2.45, 2.75) is 0 Å². The van der Waals surface area contributed by atoms with Gasteiger partial charge in [-0.25, -0.2) is 14.8 Å². The van der Waals surface area contributed by atoms with Gasteiger partial charge in [-0.3, -0.25) is 0 Å². The third-order valence-corrected chi connectivity index (χ3v) is 2.51. The highest BCUT2D eigenvalue weighted by Crippen LogP contribution is 2.25. The number of hydrogen-bond donors (Lipinski definition) is 1. The molecule has 3 aromatic rings. The van der Waals surface area contributed by atoms with E-state index in [-0.39, 0.29) is 0 Å². The van der Waals surface area contributed by atoms with E-state index in [4.69, 9.17) is 9.15 Å². The maximum absolute atomic E-state index is 10.9. The standard InChI is InChI=1S/C12H9N3O3/c1-17-8-2-3-10-9(4-8)15-11(18-10)7-5-13-12(16)14-6-7/h2-6H,1H3,(H,13,14,16). The van der Waals surface area contributed by atoms with E-state index in [1.807, 2.05) is 0 Å². The molecule has 6 heteroatoms. The van der Waals surface area contributed by atoms with Crippen LogP contribution in [0, 0.1) is 0 Å². The Morgan fingerprint density at radius 2 is 2.28 bits per heavy atom. The number of fused-ring (bicyclic) bond motifs is 1. The molecule has 0 saturated carbocycles. The molecule has 0 aliphatic carbocycles. The number of aromatic nitrogens is 3. The number of aromatic amines is 1. The molecule has 1 N–H and O–H groups in total. The highest BCUT2D eigenvalue weighted by molar-refractivity contribution is 5.77. The van der Waals surface area contributed by atoms with Gasteiger partial charge in [0.05, 0.1) is 12.7 Å². The number of methoxy groups -OCH3 is 1. The molecule has 3 rings (SSSR count). The van der Waals surface area contributed by atoms with Crippen LogP contribution < -0.4 is 10.4 Å². The maximum atomic E-state index is 10.9. The molecule has 2 aromatic heterocycles. The largest absolute Gasteiger partial charge is 0.497 e. The van der Waals surface area contributed by atoms with Crippen LogP contribution in [0.4, 0.5) is 0 Å². The number of benzene rings is 1. The molecular weight excluding hydrogens is 234 g/mol. The lowest BCUT2D eigenvalue weighted by Crippen LogP contribution is -2.07. The molecule has 0 aliphatic heterocycles. The summed E-state index contributed by atoms with van der Waals surface area (Å²) in [5.41, 5.74) is 1.55. The molecule has 2 heterocycles. The van der Waals surface area contributed by atoms with E-state index in [1.54, 1.807) is 25.3 Å². The Kier molecular flexibility index (Phi) is 2.33.